The van der Waals surface area contributed by atoms with Gasteiger partial charge in [-0.1, -0.05) is 30.3 Å². The molecule has 0 saturated carbocycles. The molecule has 0 bridgehead atoms. The van der Waals surface area contributed by atoms with Gasteiger partial charge in [-0.3, -0.25) is 0 Å². The lowest BCUT2D eigenvalue weighted by Gasteiger charge is -2.14. The van der Waals surface area contributed by atoms with Crippen molar-refractivity contribution in [3.63, 3.8) is 0 Å². The quantitative estimate of drug-likeness (QED) is 0.943. The molecule has 1 aliphatic heterocycles. The van der Waals surface area contributed by atoms with E-state index in [1.54, 1.807) is 24.3 Å². The normalized spacial score (nSPS) is 15.7. The minimum absolute atomic E-state index is 0.274. The van der Waals surface area contributed by atoms with Crippen LogP contribution in [0.3, 0.4) is 0 Å². The van der Waals surface area contributed by atoms with E-state index in [9.17, 15) is 8.42 Å². The van der Waals surface area contributed by atoms with Crippen LogP contribution < -0.4 is 5.73 Å². The smallest absolute Gasteiger partial charge is 0.175 e. The van der Waals surface area contributed by atoms with Gasteiger partial charge in [-0.25, -0.2) is 8.42 Å². The standard InChI is InChI=1S/C16H17NO3S/c1-21(18,19)15-6-4-11(5-7-15)16(17)12-2-3-13-9-20-10-14(13)8-12/h2-8,16H,9-10,17H2,1H3. The number of sulfone groups is 1. The van der Waals surface area contributed by atoms with Crippen molar-refractivity contribution in [2.24, 2.45) is 5.73 Å². The number of nitrogens with two attached hydrogens (primary N) is 1. The van der Waals surface area contributed by atoms with Crippen LogP contribution >= 0.6 is 0 Å². The first kappa shape index (κ1) is 14.3. The van der Waals surface area contributed by atoms with Gasteiger partial charge in [-0.15, -0.1) is 0 Å². The molecule has 0 aromatic heterocycles. The van der Waals surface area contributed by atoms with E-state index in [-0.39, 0.29) is 6.04 Å². The summed E-state index contributed by atoms with van der Waals surface area (Å²) < 4.78 is 28.3. The van der Waals surface area contributed by atoms with Crippen LogP contribution in [0, 0.1) is 0 Å². The molecule has 0 fully saturated rings. The predicted molar refractivity (Wildman–Crippen MR) is 80.5 cm³/mol. The molecular formula is C16H17NO3S. The Hall–Kier alpha value is -1.69. The Kier molecular flexibility index (Phi) is 3.57. The molecule has 4 nitrogen and oxygen atoms in total. The number of rotatable bonds is 3. The Labute approximate surface area is 124 Å². The number of ether oxygens (including phenoxy) is 1. The van der Waals surface area contributed by atoms with Crippen LogP contribution in [0.4, 0.5) is 0 Å². The summed E-state index contributed by atoms with van der Waals surface area (Å²) in [6.45, 7) is 1.29. The second-order valence-electron chi connectivity index (χ2n) is 5.34. The van der Waals surface area contributed by atoms with Crippen molar-refractivity contribution in [2.75, 3.05) is 6.26 Å². The largest absolute Gasteiger partial charge is 0.372 e. The van der Waals surface area contributed by atoms with E-state index in [2.05, 4.69) is 6.07 Å². The van der Waals surface area contributed by atoms with Gasteiger partial charge >= 0.3 is 0 Å². The average Bonchev–Trinajstić information content (AvgIpc) is 2.93. The van der Waals surface area contributed by atoms with Gasteiger partial charge in [0.05, 0.1) is 24.2 Å². The van der Waals surface area contributed by atoms with Crippen LogP contribution in [0.2, 0.25) is 0 Å². The SMILES string of the molecule is CS(=O)(=O)c1ccc(C(N)c2ccc3c(c2)COC3)cc1. The van der Waals surface area contributed by atoms with Crippen LogP contribution in [-0.2, 0) is 27.8 Å². The maximum absolute atomic E-state index is 11.5. The van der Waals surface area contributed by atoms with E-state index in [1.807, 2.05) is 12.1 Å². The van der Waals surface area contributed by atoms with Gasteiger partial charge in [-0.2, -0.15) is 0 Å². The van der Waals surface area contributed by atoms with Crippen LogP contribution in [0.5, 0.6) is 0 Å². The molecule has 1 heterocycles. The summed E-state index contributed by atoms with van der Waals surface area (Å²) in [7, 11) is -3.18. The fraction of sp³-hybridized carbons (Fsp3) is 0.250. The average molecular weight is 303 g/mol. The Morgan fingerprint density at radius 1 is 1.00 bits per heavy atom. The molecule has 0 saturated heterocycles. The monoisotopic (exact) mass is 303 g/mol. The molecule has 0 amide bonds. The van der Waals surface area contributed by atoms with E-state index >= 15 is 0 Å². The summed E-state index contributed by atoms with van der Waals surface area (Å²) in [5, 5.41) is 0. The summed E-state index contributed by atoms with van der Waals surface area (Å²) in [4.78, 5) is 0.306. The molecule has 2 N–H and O–H groups in total. The van der Waals surface area contributed by atoms with Crippen LogP contribution in [-0.4, -0.2) is 14.7 Å². The molecule has 0 spiro atoms. The summed E-state index contributed by atoms with van der Waals surface area (Å²) in [5.74, 6) is 0. The number of benzene rings is 2. The Balaban J connectivity index is 1.90. The lowest BCUT2D eigenvalue weighted by atomic mass is 9.96. The summed E-state index contributed by atoms with van der Waals surface area (Å²) in [6.07, 6.45) is 1.20. The fourth-order valence-electron chi connectivity index (χ4n) is 2.50. The highest BCUT2D eigenvalue weighted by molar-refractivity contribution is 7.90. The first-order valence-electron chi connectivity index (χ1n) is 6.70. The highest BCUT2D eigenvalue weighted by atomic mass is 32.2. The molecule has 1 aliphatic rings. The van der Waals surface area contributed by atoms with Gasteiger partial charge in [0.2, 0.25) is 0 Å². The molecule has 110 valence electrons. The summed E-state index contributed by atoms with van der Waals surface area (Å²) in [5.41, 5.74) is 10.6. The van der Waals surface area contributed by atoms with Crippen molar-refractivity contribution in [1.82, 2.24) is 0 Å². The van der Waals surface area contributed by atoms with Gasteiger partial charge in [0, 0.05) is 6.26 Å². The third kappa shape index (κ3) is 2.85. The van der Waals surface area contributed by atoms with Crippen molar-refractivity contribution in [3.05, 3.63) is 64.7 Å². The number of hydrogen-bond acceptors (Lipinski definition) is 4. The molecule has 1 atom stereocenters. The van der Waals surface area contributed by atoms with Gasteiger partial charge < -0.3 is 10.5 Å². The fourth-order valence-corrected chi connectivity index (χ4v) is 3.13. The molecule has 3 rings (SSSR count). The molecule has 21 heavy (non-hydrogen) atoms. The minimum atomic E-state index is -3.18. The molecule has 1 unspecified atom stereocenters. The lowest BCUT2D eigenvalue weighted by Crippen LogP contribution is -2.12. The van der Waals surface area contributed by atoms with Crippen LogP contribution in [0.1, 0.15) is 28.3 Å². The van der Waals surface area contributed by atoms with Gasteiger partial charge in [0.15, 0.2) is 9.84 Å². The topological polar surface area (TPSA) is 69.4 Å². The zero-order valence-electron chi connectivity index (χ0n) is 11.7. The first-order chi connectivity index (χ1) is 9.95. The lowest BCUT2D eigenvalue weighted by molar-refractivity contribution is 0.134. The third-order valence-corrected chi connectivity index (χ3v) is 4.90. The molecular weight excluding hydrogens is 286 g/mol. The zero-order valence-corrected chi connectivity index (χ0v) is 12.6. The van der Waals surface area contributed by atoms with E-state index in [0.29, 0.717) is 18.1 Å². The van der Waals surface area contributed by atoms with E-state index in [0.717, 1.165) is 11.1 Å². The maximum atomic E-state index is 11.5. The van der Waals surface area contributed by atoms with E-state index < -0.39 is 9.84 Å². The van der Waals surface area contributed by atoms with Gasteiger partial charge in [0.1, 0.15) is 0 Å². The van der Waals surface area contributed by atoms with Crippen molar-refractivity contribution < 1.29 is 13.2 Å². The zero-order chi connectivity index (χ0) is 15.0. The first-order valence-corrected chi connectivity index (χ1v) is 8.59. The van der Waals surface area contributed by atoms with Crippen molar-refractivity contribution >= 4 is 9.84 Å². The highest BCUT2D eigenvalue weighted by Gasteiger charge is 2.16. The van der Waals surface area contributed by atoms with Crippen LogP contribution in [0.15, 0.2) is 47.4 Å². The molecule has 2 aromatic rings. The Bertz CT molecular complexity index is 767. The Morgan fingerprint density at radius 3 is 2.29 bits per heavy atom. The van der Waals surface area contributed by atoms with Crippen LogP contribution in [0.25, 0.3) is 0 Å². The minimum Gasteiger partial charge on any atom is -0.372 e. The number of fused-ring (bicyclic) bond motifs is 1. The molecule has 2 aromatic carbocycles. The van der Waals surface area contributed by atoms with Gasteiger partial charge in [-0.05, 0) is 34.4 Å². The maximum Gasteiger partial charge on any atom is 0.175 e. The summed E-state index contributed by atoms with van der Waals surface area (Å²) in [6, 6.07) is 12.6. The third-order valence-electron chi connectivity index (χ3n) is 3.77. The van der Waals surface area contributed by atoms with Crippen molar-refractivity contribution in [2.45, 2.75) is 24.2 Å². The number of hydrogen-bond donors (Lipinski definition) is 1. The molecule has 5 heteroatoms. The molecule has 0 aliphatic carbocycles. The Morgan fingerprint density at radius 2 is 1.62 bits per heavy atom. The van der Waals surface area contributed by atoms with E-state index in [4.69, 9.17) is 10.5 Å². The molecule has 0 radical (unpaired) electrons. The predicted octanol–water partition coefficient (Wildman–Crippen LogP) is 2.17. The van der Waals surface area contributed by atoms with E-state index in [1.165, 1.54) is 17.4 Å². The van der Waals surface area contributed by atoms with Crippen molar-refractivity contribution in [3.8, 4) is 0 Å². The second-order valence-corrected chi connectivity index (χ2v) is 7.36. The highest BCUT2D eigenvalue weighted by Crippen LogP contribution is 2.26. The summed E-state index contributed by atoms with van der Waals surface area (Å²) >= 11 is 0. The second kappa shape index (κ2) is 5.26. The van der Waals surface area contributed by atoms with Gasteiger partial charge in [0.25, 0.3) is 0 Å². The van der Waals surface area contributed by atoms with Crippen molar-refractivity contribution in [1.29, 1.82) is 0 Å².